The van der Waals surface area contributed by atoms with Gasteiger partial charge in [-0.3, -0.25) is 14.5 Å². The number of ketones is 1. The van der Waals surface area contributed by atoms with Crippen LogP contribution in [0.4, 0.5) is 0 Å². The van der Waals surface area contributed by atoms with Crippen molar-refractivity contribution in [3.05, 3.63) is 71.3 Å². The van der Waals surface area contributed by atoms with Crippen LogP contribution in [-0.4, -0.2) is 53.7 Å². The number of rotatable bonds is 4. The van der Waals surface area contributed by atoms with E-state index in [0.717, 1.165) is 26.2 Å². The van der Waals surface area contributed by atoms with Crippen LogP contribution in [0.5, 0.6) is 0 Å². The second kappa shape index (κ2) is 8.05. The molecule has 1 heterocycles. The van der Waals surface area contributed by atoms with Crippen LogP contribution < -0.4 is 0 Å². The molecule has 1 amide bonds. The summed E-state index contributed by atoms with van der Waals surface area (Å²) in [6.45, 7) is 3.35. The lowest BCUT2D eigenvalue weighted by atomic mass is 9.97. The summed E-state index contributed by atoms with van der Waals surface area (Å²) in [4.78, 5) is 30.5. The molecule has 0 atom stereocenters. The van der Waals surface area contributed by atoms with Gasteiger partial charge in [-0.15, -0.1) is 0 Å². The quantitative estimate of drug-likeness (QED) is 0.780. The van der Waals surface area contributed by atoms with Crippen LogP contribution in [0.2, 0.25) is 0 Å². The molecular formula is C23H26N2O2. The fourth-order valence-electron chi connectivity index (χ4n) is 4.34. The molecule has 1 aliphatic carbocycles. The van der Waals surface area contributed by atoms with E-state index in [0.29, 0.717) is 22.7 Å². The average Bonchev–Trinajstić information content (AvgIpc) is 3.28. The van der Waals surface area contributed by atoms with E-state index in [1.165, 1.54) is 25.7 Å². The fraction of sp³-hybridized carbons (Fsp3) is 0.391. The highest BCUT2D eigenvalue weighted by Crippen LogP contribution is 2.25. The van der Waals surface area contributed by atoms with Crippen LogP contribution in [-0.2, 0) is 0 Å². The van der Waals surface area contributed by atoms with Gasteiger partial charge in [0.1, 0.15) is 0 Å². The molecule has 2 fully saturated rings. The fourth-order valence-corrected chi connectivity index (χ4v) is 4.34. The minimum atomic E-state index is -0.0934. The predicted molar refractivity (Wildman–Crippen MR) is 106 cm³/mol. The van der Waals surface area contributed by atoms with Gasteiger partial charge in [-0.05, 0) is 18.9 Å². The van der Waals surface area contributed by atoms with Crippen LogP contribution in [0.3, 0.4) is 0 Å². The molecule has 2 aromatic rings. The lowest BCUT2D eigenvalue weighted by molar-refractivity contribution is 0.0571. The van der Waals surface area contributed by atoms with Crippen molar-refractivity contribution in [2.45, 2.75) is 31.7 Å². The number of amides is 1. The minimum Gasteiger partial charge on any atom is -0.336 e. The molecular weight excluding hydrogens is 336 g/mol. The molecule has 1 saturated carbocycles. The number of nitrogens with zero attached hydrogens (tertiary/aromatic N) is 2. The second-order valence-corrected chi connectivity index (χ2v) is 7.51. The van der Waals surface area contributed by atoms with Gasteiger partial charge in [-0.1, -0.05) is 61.4 Å². The van der Waals surface area contributed by atoms with Gasteiger partial charge in [0, 0.05) is 43.3 Å². The van der Waals surface area contributed by atoms with Crippen LogP contribution in [0.15, 0.2) is 54.6 Å². The summed E-state index contributed by atoms with van der Waals surface area (Å²) < 4.78 is 0. The van der Waals surface area contributed by atoms with Crippen molar-refractivity contribution in [1.29, 1.82) is 0 Å². The SMILES string of the molecule is O=C(c1ccccc1)c1ccccc1C(=O)N1CCN(C2CCCC2)CC1. The Labute approximate surface area is 160 Å². The van der Waals surface area contributed by atoms with Gasteiger partial charge in [-0.2, -0.15) is 0 Å². The van der Waals surface area contributed by atoms with Crippen LogP contribution >= 0.6 is 0 Å². The molecule has 4 heteroatoms. The van der Waals surface area contributed by atoms with Gasteiger partial charge in [0.15, 0.2) is 5.78 Å². The molecule has 2 aliphatic rings. The summed E-state index contributed by atoms with van der Waals surface area (Å²) in [5, 5.41) is 0. The van der Waals surface area contributed by atoms with Crippen LogP contribution in [0, 0.1) is 0 Å². The summed E-state index contributed by atoms with van der Waals surface area (Å²) >= 11 is 0. The summed E-state index contributed by atoms with van der Waals surface area (Å²) in [6.07, 6.45) is 5.25. The number of hydrogen-bond donors (Lipinski definition) is 0. The average molecular weight is 362 g/mol. The first-order valence-corrected chi connectivity index (χ1v) is 9.96. The molecule has 0 unspecified atom stereocenters. The Balaban J connectivity index is 1.49. The van der Waals surface area contributed by atoms with E-state index < -0.39 is 0 Å². The monoisotopic (exact) mass is 362 g/mol. The van der Waals surface area contributed by atoms with E-state index in [1.807, 2.05) is 35.2 Å². The topological polar surface area (TPSA) is 40.6 Å². The molecule has 140 valence electrons. The van der Waals surface area contributed by atoms with Gasteiger partial charge in [0.25, 0.3) is 5.91 Å². The normalized spacial score (nSPS) is 18.6. The van der Waals surface area contributed by atoms with Crippen molar-refractivity contribution in [1.82, 2.24) is 9.80 Å². The molecule has 0 aromatic heterocycles. The third-order valence-electron chi connectivity index (χ3n) is 5.88. The van der Waals surface area contributed by atoms with Crippen molar-refractivity contribution in [3.8, 4) is 0 Å². The van der Waals surface area contributed by atoms with E-state index >= 15 is 0 Å². The molecule has 27 heavy (non-hydrogen) atoms. The second-order valence-electron chi connectivity index (χ2n) is 7.51. The first-order valence-electron chi connectivity index (χ1n) is 9.96. The van der Waals surface area contributed by atoms with Crippen molar-refractivity contribution in [3.63, 3.8) is 0 Å². The smallest absolute Gasteiger partial charge is 0.254 e. The highest BCUT2D eigenvalue weighted by atomic mass is 16.2. The third-order valence-corrected chi connectivity index (χ3v) is 5.88. The lowest BCUT2D eigenvalue weighted by Gasteiger charge is -2.38. The Morgan fingerprint density at radius 1 is 0.741 bits per heavy atom. The first kappa shape index (κ1) is 17.9. The number of piperazine rings is 1. The molecule has 2 aromatic carbocycles. The number of carbonyl (C=O) groups is 2. The molecule has 0 N–H and O–H groups in total. The van der Waals surface area contributed by atoms with Crippen molar-refractivity contribution in [2.75, 3.05) is 26.2 Å². The predicted octanol–water partition coefficient (Wildman–Crippen LogP) is 3.62. The standard InChI is InChI=1S/C23H26N2O2/c26-22(18-8-2-1-3-9-18)20-12-6-7-13-21(20)23(27)25-16-14-24(15-17-25)19-10-4-5-11-19/h1-3,6-9,12-13,19H,4-5,10-11,14-17H2. The van der Waals surface area contributed by atoms with Crippen molar-refractivity contribution < 1.29 is 9.59 Å². The summed E-state index contributed by atoms with van der Waals surface area (Å²) in [5.74, 6) is -0.120. The first-order chi connectivity index (χ1) is 13.2. The van der Waals surface area contributed by atoms with Gasteiger partial charge in [0.05, 0.1) is 5.56 Å². The maximum Gasteiger partial charge on any atom is 0.254 e. The van der Waals surface area contributed by atoms with Crippen LogP contribution in [0.25, 0.3) is 0 Å². The summed E-state index contributed by atoms with van der Waals surface area (Å²) in [7, 11) is 0. The molecule has 4 nitrogen and oxygen atoms in total. The zero-order valence-electron chi connectivity index (χ0n) is 15.6. The molecule has 1 aliphatic heterocycles. The minimum absolute atomic E-state index is 0.0269. The van der Waals surface area contributed by atoms with Gasteiger partial charge < -0.3 is 4.90 Å². The maximum atomic E-state index is 13.1. The number of benzene rings is 2. The van der Waals surface area contributed by atoms with E-state index in [9.17, 15) is 9.59 Å². The van der Waals surface area contributed by atoms with E-state index in [1.54, 1.807) is 24.3 Å². The lowest BCUT2D eigenvalue weighted by Crippen LogP contribution is -2.51. The molecule has 0 spiro atoms. The van der Waals surface area contributed by atoms with E-state index in [2.05, 4.69) is 4.90 Å². The Bertz CT molecular complexity index is 804. The molecule has 1 saturated heterocycles. The highest BCUT2D eigenvalue weighted by Gasteiger charge is 2.29. The summed E-state index contributed by atoms with van der Waals surface area (Å²) in [6, 6.07) is 17.1. The number of carbonyl (C=O) groups excluding carboxylic acids is 2. The molecule has 0 bridgehead atoms. The highest BCUT2D eigenvalue weighted by molar-refractivity contribution is 6.15. The van der Waals surface area contributed by atoms with E-state index in [4.69, 9.17) is 0 Å². The zero-order chi connectivity index (χ0) is 18.6. The molecule has 0 radical (unpaired) electrons. The van der Waals surface area contributed by atoms with Gasteiger partial charge in [0.2, 0.25) is 0 Å². The zero-order valence-corrected chi connectivity index (χ0v) is 15.6. The Kier molecular flexibility index (Phi) is 5.35. The van der Waals surface area contributed by atoms with E-state index in [-0.39, 0.29) is 11.7 Å². The Hall–Kier alpha value is -2.46. The number of hydrogen-bond acceptors (Lipinski definition) is 3. The largest absolute Gasteiger partial charge is 0.336 e. The Morgan fingerprint density at radius 3 is 2.00 bits per heavy atom. The third kappa shape index (κ3) is 3.81. The van der Waals surface area contributed by atoms with Crippen molar-refractivity contribution in [2.24, 2.45) is 0 Å². The maximum absolute atomic E-state index is 13.1. The summed E-state index contributed by atoms with van der Waals surface area (Å²) in [5.41, 5.74) is 1.62. The Morgan fingerprint density at radius 2 is 1.33 bits per heavy atom. The van der Waals surface area contributed by atoms with Crippen molar-refractivity contribution >= 4 is 11.7 Å². The van der Waals surface area contributed by atoms with Gasteiger partial charge in [-0.25, -0.2) is 0 Å². The van der Waals surface area contributed by atoms with Crippen LogP contribution in [0.1, 0.15) is 52.0 Å². The van der Waals surface area contributed by atoms with Gasteiger partial charge >= 0.3 is 0 Å². The molecule has 4 rings (SSSR count).